The van der Waals surface area contributed by atoms with Gasteiger partial charge in [-0.05, 0) is 24.2 Å². The van der Waals surface area contributed by atoms with Crippen LogP contribution in [-0.2, 0) is 0 Å². The first-order chi connectivity index (χ1) is 11.4. The Bertz CT molecular complexity index is 235. The average molecular weight is 321 g/mol. The van der Waals surface area contributed by atoms with Gasteiger partial charge in [0.25, 0.3) is 0 Å². The maximum absolute atomic E-state index is 2.29. The van der Waals surface area contributed by atoms with Gasteiger partial charge in [0.05, 0.1) is 0 Å². The second kappa shape index (κ2) is 12.4. The lowest BCUT2D eigenvalue weighted by Gasteiger charge is -2.28. The van der Waals surface area contributed by atoms with Crippen LogP contribution in [0.4, 0.5) is 0 Å². The normalized spacial score (nSPS) is 24.9. The Morgan fingerprint density at radius 3 is 1.30 bits per heavy atom. The van der Waals surface area contributed by atoms with Crippen molar-refractivity contribution in [3.8, 4) is 0 Å². The third kappa shape index (κ3) is 8.59. The van der Waals surface area contributed by atoms with Gasteiger partial charge < -0.3 is 0 Å². The summed E-state index contributed by atoms with van der Waals surface area (Å²) in [6, 6.07) is 0. The smallest absolute Gasteiger partial charge is 0.0412 e. The van der Waals surface area contributed by atoms with Gasteiger partial charge in [-0.2, -0.15) is 0 Å². The number of hydrogen-bond donors (Lipinski definition) is 0. The van der Waals surface area contributed by atoms with Gasteiger partial charge in [0, 0.05) is 0 Å². The van der Waals surface area contributed by atoms with Crippen LogP contribution in [-0.4, -0.2) is 0 Å². The highest BCUT2D eigenvalue weighted by Gasteiger charge is 2.20. The second-order valence-electron chi connectivity index (χ2n) is 8.89. The fraction of sp³-hybridized carbons (Fsp3) is 1.00. The van der Waals surface area contributed by atoms with Crippen molar-refractivity contribution in [2.75, 3.05) is 0 Å². The highest BCUT2D eigenvalue weighted by Crippen LogP contribution is 2.34. The van der Waals surface area contributed by atoms with Crippen molar-refractivity contribution < 1.29 is 0 Å². The lowest BCUT2D eigenvalue weighted by atomic mass is 9.78. The summed E-state index contributed by atoms with van der Waals surface area (Å²) in [6.07, 6.45) is 28.9. The lowest BCUT2D eigenvalue weighted by molar-refractivity contribution is 0.244. The van der Waals surface area contributed by atoms with Crippen molar-refractivity contribution in [3.05, 3.63) is 0 Å². The molecule has 0 N–H and O–H groups in total. The van der Waals surface area contributed by atoms with Gasteiger partial charge in [-0.3, -0.25) is 0 Å². The largest absolute Gasteiger partial charge is 0.0654 e. The molecular formula is C23H44. The first kappa shape index (κ1) is 19.3. The van der Waals surface area contributed by atoms with E-state index in [2.05, 4.69) is 6.92 Å². The average Bonchev–Trinajstić information content (AvgIpc) is 2.63. The highest BCUT2D eigenvalue weighted by molar-refractivity contribution is 4.73. The van der Waals surface area contributed by atoms with Crippen molar-refractivity contribution in [1.29, 1.82) is 0 Å². The second-order valence-corrected chi connectivity index (χ2v) is 8.89. The van der Waals surface area contributed by atoms with Crippen LogP contribution < -0.4 is 0 Å². The van der Waals surface area contributed by atoms with Crippen LogP contribution in [0.2, 0.25) is 0 Å². The molecule has 0 heteroatoms. The van der Waals surface area contributed by atoms with E-state index in [1.807, 2.05) is 0 Å². The van der Waals surface area contributed by atoms with E-state index in [1.165, 1.54) is 89.9 Å². The minimum atomic E-state index is 1.11. The number of unbranched alkanes of at least 4 members (excludes halogenated alkanes) is 1. The molecule has 0 unspecified atom stereocenters. The maximum atomic E-state index is 2.29. The Balaban J connectivity index is 0.000000174. The fourth-order valence-electron chi connectivity index (χ4n) is 5.29. The summed E-state index contributed by atoms with van der Waals surface area (Å²) in [5, 5.41) is 0. The number of rotatable bonds is 5. The lowest BCUT2D eigenvalue weighted by Crippen LogP contribution is -2.14. The third-order valence-corrected chi connectivity index (χ3v) is 6.81. The molecule has 3 aliphatic rings. The van der Waals surface area contributed by atoms with E-state index in [-0.39, 0.29) is 0 Å². The minimum Gasteiger partial charge on any atom is -0.0654 e. The molecule has 0 atom stereocenters. The Hall–Kier alpha value is 0. The van der Waals surface area contributed by atoms with Gasteiger partial charge in [-0.25, -0.2) is 0 Å². The molecule has 0 amide bonds. The molecule has 0 bridgehead atoms. The summed E-state index contributed by atoms with van der Waals surface area (Å²) >= 11 is 0. The highest BCUT2D eigenvalue weighted by atomic mass is 14.3. The molecule has 23 heavy (non-hydrogen) atoms. The van der Waals surface area contributed by atoms with Crippen LogP contribution in [0.1, 0.15) is 129 Å². The van der Waals surface area contributed by atoms with Crippen LogP contribution >= 0.6 is 0 Å². The Morgan fingerprint density at radius 2 is 0.913 bits per heavy atom. The van der Waals surface area contributed by atoms with Gasteiger partial charge in [0.1, 0.15) is 0 Å². The zero-order valence-corrected chi connectivity index (χ0v) is 16.2. The first-order valence-electron chi connectivity index (χ1n) is 11.4. The van der Waals surface area contributed by atoms with E-state index in [0.29, 0.717) is 0 Å². The zero-order chi connectivity index (χ0) is 16.2. The first-order valence-corrected chi connectivity index (χ1v) is 11.4. The van der Waals surface area contributed by atoms with Crippen molar-refractivity contribution in [2.45, 2.75) is 129 Å². The zero-order valence-electron chi connectivity index (χ0n) is 16.2. The van der Waals surface area contributed by atoms with Crippen LogP contribution in [0.15, 0.2) is 0 Å². The van der Waals surface area contributed by atoms with E-state index < -0.39 is 0 Å². The molecule has 3 fully saturated rings. The van der Waals surface area contributed by atoms with E-state index in [9.17, 15) is 0 Å². The molecule has 3 aliphatic carbocycles. The maximum Gasteiger partial charge on any atom is -0.0412 e. The Kier molecular flexibility index (Phi) is 10.4. The number of hydrogen-bond acceptors (Lipinski definition) is 0. The minimum absolute atomic E-state index is 1.11. The Labute approximate surface area is 147 Å². The molecule has 0 spiro atoms. The summed E-state index contributed by atoms with van der Waals surface area (Å²) < 4.78 is 0. The van der Waals surface area contributed by atoms with Crippen LogP contribution in [0.5, 0.6) is 0 Å². The quantitative estimate of drug-likeness (QED) is 0.478. The molecule has 0 aliphatic heterocycles. The van der Waals surface area contributed by atoms with Gasteiger partial charge >= 0.3 is 0 Å². The molecule has 0 nitrogen and oxygen atoms in total. The summed E-state index contributed by atoms with van der Waals surface area (Å²) in [5.74, 6) is 3.35. The van der Waals surface area contributed by atoms with E-state index in [4.69, 9.17) is 0 Å². The molecule has 136 valence electrons. The predicted molar refractivity (Wildman–Crippen MR) is 104 cm³/mol. The molecule has 3 rings (SSSR count). The van der Waals surface area contributed by atoms with Gasteiger partial charge in [0.15, 0.2) is 0 Å². The van der Waals surface area contributed by atoms with Gasteiger partial charge in [0.2, 0.25) is 0 Å². The summed E-state index contributed by atoms with van der Waals surface area (Å²) in [5.41, 5.74) is 0. The third-order valence-electron chi connectivity index (χ3n) is 6.81. The molecule has 0 saturated heterocycles. The molecule has 0 aromatic rings. The van der Waals surface area contributed by atoms with Crippen molar-refractivity contribution in [1.82, 2.24) is 0 Å². The van der Waals surface area contributed by atoms with Crippen molar-refractivity contribution >= 4 is 0 Å². The molecular weight excluding hydrogens is 276 g/mol. The van der Waals surface area contributed by atoms with Crippen LogP contribution in [0.25, 0.3) is 0 Å². The van der Waals surface area contributed by atoms with Gasteiger partial charge in [-0.15, -0.1) is 0 Å². The van der Waals surface area contributed by atoms with Crippen molar-refractivity contribution in [2.24, 2.45) is 17.8 Å². The van der Waals surface area contributed by atoms with Crippen LogP contribution in [0.3, 0.4) is 0 Å². The molecule has 0 heterocycles. The summed E-state index contributed by atoms with van der Waals surface area (Å²) in [6.45, 7) is 2.29. The van der Waals surface area contributed by atoms with Gasteiger partial charge in [-0.1, -0.05) is 122 Å². The predicted octanol–water partition coefficient (Wildman–Crippen LogP) is 8.29. The SMILES string of the molecule is C1CCC(CC2CCCCC2)CC1.CCCCC1CCCCC1. The van der Waals surface area contributed by atoms with Crippen molar-refractivity contribution in [3.63, 3.8) is 0 Å². The molecule has 0 radical (unpaired) electrons. The molecule has 0 aromatic carbocycles. The van der Waals surface area contributed by atoms with Crippen LogP contribution in [0, 0.1) is 17.8 Å². The molecule has 3 saturated carbocycles. The summed E-state index contributed by atoms with van der Waals surface area (Å²) in [4.78, 5) is 0. The van der Waals surface area contributed by atoms with E-state index >= 15 is 0 Å². The fourth-order valence-corrected chi connectivity index (χ4v) is 5.29. The standard InChI is InChI=1S/C13H24.C10H20/c1-3-7-12(8-4-1)11-13-9-5-2-6-10-13;1-2-3-7-10-8-5-4-6-9-10/h12-13H,1-11H2;10H,2-9H2,1H3. The molecule has 0 aromatic heterocycles. The Morgan fingerprint density at radius 1 is 0.522 bits per heavy atom. The summed E-state index contributed by atoms with van der Waals surface area (Å²) in [7, 11) is 0. The van der Waals surface area contributed by atoms with E-state index in [1.54, 1.807) is 32.1 Å². The topological polar surface area (TPSA) is 0 Å². The van der Waals surface area contributed by atoms with E-state index in [0.717, 1.165) is 17.8 Å². The monoisotopic (exact) mass is 320 g/mol.